The third-order valence-electron chi connectivity index (χ3n) is 1.52. The van der Waals surface area contributed by atoms with Crippen LogP contribution in [0, 0.1) is 17.1 Å². The highest BCUT2D eigenvalue weighted by Crippen LogP contribution is 2.19. The van der Waals surface area contributed by atoms with Gasteiger partial charge in [0, 0.05) is 0 Å². The summed E-state index contributed by atoms with van der Waals surface area (Å²) in [5.74, 6) is -0.986. The van der Waals surface area contributed by atoms with E-state index in [1.54, 1.807) is 0 Å². The van der Waals surface area contributed by atoms with E-state index in [4.69, 9.17) is 5.26 Å². The van der Waals surface area contributed by atoms with Crippen LogP contribution in [0.3, 0.4) is 0 Å². The van der Waals surface area contributed by atoms with Crippen LogP contribution < -0.4 is 0 Å². The number of sulfonamides is 1. The molecule has 76 valence electrons. The number of halogens is 1. The van der Waals surface area contributed by atoms with E-state index in [2.05, 4.69) is 4.40 Å². The van der Waals surface area contributed by atoms with Crippen LogP contribution in [0.1, 0.15) is 5.56 Å². The first-order valence-corrected chi connectivity index (χ1v) is 4.99. The summed E-state index contributed by atoms with van der Waals surface area (Å²) in [5.41, 5.74) is -0.670. The first-order valence-electron chi connectivity index (χ1n) is 3.55. The first-order chi connectivity index (χ1) is 7.03. The summed E-state index contributed by atoms with van der Waals surface area (Å²) in [7, 11) is -4.34. The summed E-state index contributed by atoms with van der Waals surface area (Å²) < 4.78 is 38.0. The maximum atomic E-state index is 13.0. The van der Waals surface area contributed by atoms with Gasteiger partial charge in [0.2, 0.25) is 0 Å². The van der Waals surface area contributed by atoms with Crippen molar-refractivity contribution in [3.8, 4) is 6.07 Å². The lowest BCUT2D eigenvalue weighted by Gasteiger charge is -1.99. The molecule has 5 nitrogen and oxygen atoms in total. The van der Waals surface area contributed by atoms with Crippen molar-refractivity contribution in [1.82, 2.24) is 0 Å². The summed E-state index contributed by atoms with van der Waals surface area (Å²) in [5, 5.41) is 8.54. The van der Waals surface area contributed by atoms with Crippen molar-refractivity contribution in [2.24, 2.45) is 4.40 Å². The Hall–Kier alpha value is -2.03. The van der Waals surface area contributed by atoms with Crippen LogP contribution >= 0.6 is 0 Å². The van der Waals surface area contributed by atoms with E-state index >= 15 is 0 Å². The van der Waals surface area contributed by atoms with Gasteiger partial charge in [0.1, 0.15) is 22.3 Å². The predicted octanol–water partition coefficient (Wildman–Crippen LogP) is 0.722. The molecular formula is C8H3FN2O3S. The van der Waals surface area contributed by atoms with Crippen LogP contribution in [0.4, 0.5) is 4.39 Å². The normalized spacial score (nSPS) is 10.1. The standard InChI is InChI=1S/C8H3FN2O3S/c9-7-2-1-3-8(6(7)4-10)15(13,14)11-5-12/h1-3H. The lowest BCUT2D eigenvalue weighted by molar-refractivity contribution is 0.563. The second-order valence-electron chi connectivity index (χ2n) is 2.38. The topological polar surface area (TPSA) is 87.4 Å². The molecule has 0 unspecified atom stereocenters. The molecule has 0 saturated heterocycles. The molecular weight excluding hydrogens is 223 g/mol. The highest BCUT2D eigenvalue weighted by Gasteiger charge is 2.20. The highest BCUT2D eigenvalue weighted by molar-refractivity contribution is 7.90. The minimum Gasteiger partial charge on any atom is -0.210 e. The zero-order chi connectivity index (χ0) is 11.5. The number of nitriles is 1. The Kier molecular flexibility index (Phi) is 2.95. The van der Waals surface area contributed by atoms with Gasteiger partial charge in [-0.25, -0.2) is 9.18 Å². The van der Waals surface area contributed by atoms with Gasteiger partial charge in [-0.05, 0) is 12.1 Å². The molecule has 0 bridgehead atoms. The molecule has 0 aliphatic rings. The Balaban J connectivity index is 3.61. The molecule has 0 aliphatic heterocycles. The van der Waals surface area contributed by atoms with E-state index in [1.807, 2.05) is 0 Å². The number of carbonyl (C=O) groups excluding carboxylic acids is 1. The molecule has 0 atom stereocenters. The second-order valence-corrected chi connectivity index (χ2v) is 3.95. The van der Waals surface area contributed by atoms with Crippen molar-refractivity contribution >= 4 is 16.1 Å². The van der Waals surface area contributed by atoms with Crippen LogP contribution in [0.5, 0.6) is 0 Å². The van der Waals surface area contributed by atoms with Crippen LogP contribution in [0.25, 0.3) is 0 Å². The molecule has 1 aromatic carbocycles. The summed E-state index contributed by atoms with van der Waals surface area (Å²) in [6, 6.07) is 4.40. The van der Waals surface area contributed by atoms with Crippen molar-refractivity contribution in [3.63, 3.8) is 0 Å². The minimum absolute atomic E-state index is 0.645. The number of hydrogen-bond donors (Lipinski definition) is 0. The number of isocyanates is 1. The molecule has 0 radical (unpaired) electrons. The van der Waals surface area contributed by atoms with Gasteiger partial charge in [-0.3, -0.25) is 0 Å². The number of nitrogens with zero attached hydrogens (tertiary/aromatic N) is 2. The molecule has 1 aromatic rings. The lowest BCUT2D eigenvalue weighted by atomic mass is 10.2. The van der Waals surface area contributed by atoms with E-state index in [9.17, 15) is 17.6 Å². The highest BCUT2D eigenvalue weighted by atomic mass is 32.2. The number of rotatable bonds is 2. The fraction of sp³-hybridized carbons (Fsp3) is 0. The summed E-state index contributed by atoms with van der Waals surface area (Å²) >= 11 is 0. The summed E-state index contributed by atoms with van der Waals surface area (Å²) in [4.78, 5) is 9.19. The zero-order valence-electron chi connectivity index (χ0n) is 7.14. The lowest BCUT2D eigenvalue weighted by Crippen LogP contribution is -2.01. The Bertz CT molecular complexity index is 582. The van der Waals surface area contributed by atoms with E-state index in [-0.39, 0.29) is 0 Å². The fourth-order valence-corrected chi connectivity index (χ4v) is 1.77. The SMILES string of the molecule is N#Cc1c(F)cccc1S(=O)(=O)N=C=O. The van der Waals surface area contributed by atoms with E-state index in [1.165, 1.54) is 6.07 Å². The monoisotopic (exact) mass is 226 g/mol. The van der Waals surface area contributed by atoms with Crippen molar-refractivity contribution in [2.75, 3.05) is 0 Å². The van der Waals surface area contributed by atoms with Gasteiger partial charge in [-0.2, -0.15) is 13.7 Å². The van der Waals surface area contributed by atoms with Crippen LogP contribution in [-0.4, -0.2) is 14.5 Å². The van der Waals surface area contributed by atoms with Gasteiger partial charge in [-0.1, -0.05) is 10.5 Å². The quantitative estimate of drug-likeness (QED) is 0.549. The smallest absolute Gasteiger partial charge is 0.210 e. The fourth-order valence-electron chi connectivity index (χ4n) is 0.926. The van der Waals surface area contributed by atoms with Crippen molar-refractivity contribution < 1.29 is 17.6 Å². The molecule has 0 saturated carbocycles. The van der Waals surface area contributed by atoms with Crippen LogP contribution in [0.15, 0.2) is 27.5 Å². The van der Waals surface area contributed by atoms with Crippen molar-refractivity contribution in [2.45, 2.75) is 4.90 Å². The third-order valence-corrected chi connectivity index (χ3v) is 2.73. The molecule has 15 heavy (non-hydrogen) atoms. The summed E-state index contributed by atoms with van der Waals surface area (Å²) in [6.07, 6.45) is 0.832. The molecule has 1 rings (SSSR count). The van der Waals surface area contributed by atoms with Gasteiger partial charge in [0.25, 0.3) is 16.1 Å². The van der Waals surface area contributed by atoms with Gasteiger partial charge in [-0.15, -0.1) is 0 Å². The second kappa shape index (κ2) is 4.00. The van der Waals surface area contributed by atoms with Crippen molar-refractivity contribution in [1.29, 1.82) is 5.26 Å². The molecule has 0 heterocycles. The first kappa shape index (κ1) is 11.0. The molecule has 0 fully saturated rings. The Morgan fingerprint density at radius 3 is 2.60 bits per heavy atom. The van der Waals surface area contributed by atoms with Crippen LogP contribution in [0.2, 0.25) is 0 Å². The summed E-state index contributed by atoms with van der Waals surface area (Å²) in [6.45, 7) is 0. The molecule has 0 aliphatic carbocycles. The maximum Gasteiger partial charge on any atom is 0.294 e. The minimum atomic E-state index is -4.34. The number of hydrogen-bond acceptors (Lipinski definition) is 4. The van der Waals surface area contributed by atoms with E-state index in [0.29, 0.717) is 0 Å². The Morgan fingerprint density at radius 1 is 1.40 bits per heavy atom. The molecule has 0 N–H and O–H groups in total. The van der Waals surface area contributed by atoms with Crippen molar-refractivity contribution in [3.05, 3.63) is 29.6 Å². The Labute approximate surface area is 84.5 Å². The molecule has 0 spiro atoms. The van der Waals surface area contributed by atoms with Crippen LogP contribution in [-0.2, 0) is 14.8 Å². The number of benzene rings is 1. The zero-order valence-corrected chi connectivity index (χ0v) is 7.95. The molecule has 7 heteroatoms. The maximum absolute atomic E-state index is 13.0. The molecule has 0 aromatic heterocycles. The largest absolute Gasteiger partial charge is 0.294 e. The van der Waals surface area contributed by atoms with E-state index < -0.39 is 26.3 Å². The third kappa shape index (κ3) is 2.07. The van der Waals surface area contributed by atoms with Gasteiger partial charge in [0.15, 0.2) is 0 Å². The van der Waals surface area contributed by atoms with Gasteiger partial charge >= 0.3 is 0 Å². The van der Waals surface area contributed by atoms with Gasteiger partial charge < -0.3 is 0 Å². The molecule has 0 amide bonds. The average molecular weight is 226 g/mol. The Morgan fingerprint density at radius 2 is 2.07 bits per heavy atom. The van der Waals surface area contributed by atoms with Gasteiger partial charge in [0.05, 0.1) is 0 Å². The van der Waals surface area contributed by atoms with E-state index in [0.717, 1.165) is 24.3 Å². The predicted molar refractivity (Wildman–Crippen MR) is 46.4 cm³/mol. The average Bonchev–Trinajstić information content (AvgIpc) is 2.17.